The smallest absolute Gasteiger partial charge is 0.223 e. The Morgan fingerprint density at radius 2 is 2.12 bits per heavy atom. The van der Waals surface area contributed by atoms with Crippen LogP contribution in [0.3, 0.4) is 0 Å². The standard InChI is InChI=1S/C19H29N3O2/c1-24-10-9-22-15-18(12-19(22)23)14-21-7-4-16(5-8-21)11-17-3-2-6-20-13-17/h2-3,6,13,16,18H,4-5,7-12,14-15H2,1H3/t18-/m0/s1. The first-order valence-corrected chi connectivity index (χ1v) is 9.12. The fourth-order valence-corrected chi connectivity index (χ4v) is 3.98. The zero-order valence-corrected chi connectivity index (χ0v) is 14.7. The molecule has 0 saturated carbocycles. The highest BCUT2D eigenvalue weighted by Gasteiger charge is 2.31. The largest absolute Gasteiger partial charge is 0.383 e. The Kier molecular flexibility index (Phi) is 6.21. The van der Waals surface area contributed by atoms with Crippen LogP contribution in [0.4, 0.5) is 0 Å². The molecule has 2 aliphatic rings. The van der Waals surface area contributed by atoms with Crippen LogP contribution in [-0.4, -0.2) is 67.1 Å². The molecule has 0 spiro atoms. The van der Waals surface area contributed by atoms with E-state index in [0.29, 0.717) is 24.9 Å². The van der Waals surface area contributed by atoms with Crippen molar-refractivity contribution in [2.24, 2.45) is 11.8 Å². The number of ether oxygens (including phenoxy) is 1. The number of hydrogen-bond acceptors (Lipinski definition) is 4. The van der Waals surface area contributed by atoms with Crippen LogP contribution < -0.4 is 0 Å². The molecule has 0 N–H and O–H groups in total. The lowest BCUT2D eigenvalue weighted by atomic mass is 9.90. The van der Waals surface area contributed by atoms with Crippen molar-refractivity contribution in [3.8, 4) is 0 Å². The van der Waals surface area contributed by atoms with E-state index in [1.807, 2.05) is 23.4 Å². The van der Waals surface area contributed by atoms with E-state index >= 15 is 0 Å². The van der Waals surface area contributed by atoms with E-state index in [1.165, 1.54) is 18.4 Å². The number of likely N-dealkylation sites (tertiary alicyclic amines) is 2. The molecule has 1 aromatic rings. The topological polar surface area (TPSA) is 45.7 Å². The molecule has 0 unspecified atom stereocenters. The maximum atomic E-state index is 12.0. The van der Waals surface area contributed by atoms with Gasteiger partial charge in [-0.05, 0) is 55.8 Å². The lowest BCUT2D eigenvalue weighted by molar-refractivity contribution is -0.128. The van der Waals surface area contributed by atoms with Gasteiger partial charge in [0.2, 0.25) is 5.91 Å². The van der Waals surface area contributed by atoms with Gasteiger partial charge in [-0.25, -0.2) is 0 Å². The van der Waals surface area contributed by atoms with Gasteiger partial charge in [0.05, 0.1) is 6.61 Å². The number of aromatic nitrogens is 1. The van der Waals surface area contributed by atoms with Crippen LogP contribution in [0.5, 0.6) is 0 Å². The third-order valence-electron chi connectivity index (χ3n) is 5.33. The summed E-state index contributed by atoms with van der Waals surface area (Å²) >= 11 is 0. The molecule has 2 saturated heterocycles. The number of amides is 1. The number of carbonyl (C=O) groups is 1. The fraction of sp³-hybridized carbons (Fsp3) is 0.684. The van der Waals surface area contributed by atoms with Gasteiger partial charge in [-0.15, -0.1) is 0 Å². The maximum Gasteiger partial charge on any atom is 0.223 e. The molecule has 0 bridgehead atoms. The molecule has 1 aromatic heterocycles. The zero-order valence-electron chi connectivity index (χ0n) is 14.7. The molecular weight excluding hydrogens is 302 g/mol. The Hall–Kier alpha value is -1.46. The van der Waals surface area contributed by atoms with Crippen LogP contribution in [0.1, 0.15) is 24.8 Å². The van der Waals surface area contributed by atoms with Crippen molar-refractivity contribution >= 4 is 5.91 Å². The number of methoxy groups -OCH3 is 1. The number of rotatable bonds is 7. The quantitative estimate of drug-likeness (QED) is 0.765. The van der Waals surface area contributed by atoms with Crippen molar-refractivity contribution in [3.63, 3.8) is 0 Å². The van der Waals surface area contributed by atoms with Gasteiger partial charge in [0.25, 0.3) is 0 Å². The van der Waals surface area contributed by atoms with Crippen LogP contribution in [0, 0.1) is 11.8 Å². The lowest BCUT2D eigenvalue weighted by Gasteiger charge is -2.33. The summed E-state index contributed by atoms with van der Waals surface area (Å²) in [6.45, 7) is 5.66. The van der Waals surface area contributed by atoms with Crippen molar-refractivity contribution in [1.29, 1.82) is 0 Å². The average Bonchev–Trinajstić information content (AvgIpc) is 2.95. The molecule has 3 rings (SSSR count). The molecular formula is C19H29N3O2. The van der Waals surface area contributed by atoms with Gasteiger partial charge >= 0.3 is 0 Å². The van der Waals surface area contributed by atoms with Gasteiger partial charge in [0.15, 0.2) is 0 Å². The fourth-order valence-electron chi connectivity index (χ4n) is 3.98. The molecule has 0 radical (unpaired) electrons. The number of piperidine rings is 1. The van der Waals surface area contributed by atoms with Gasteiger partial charge in [0.1, 0.15) is 0 Å². The SMILES string of the molecule is COCCN1C[C@H](CN2CCC(Cc3cccnc3)CC2)CC1=O. The van der Waals surface area contributed by atoms with Crippen molar-refractivity contribution in [2.75, 3.05) is 46.4 Å². The van der Waals surface area contributed by atoms with Crippen molar-refractivity contribution in [2.45, 2.75) is 25.7 Å². The predicted octanol–water partition coefficient (Wildman–Crippen LogP) is 1.83. The number of pyridine rings is 1. The average molecular weight is 331 g/mol. The van der Waals surface area contributed by atoms with E-state index in [4.69, 9.17) is 4.74 Å². The predicted molar refractivity (Wildman–Crippen MR) is 93.7 cm³/mol. The highest BCUT2D eigenvalue weighted by atomic mass is 16.5. The summed E-state index contributed by atoms with van der Waals surface area (Å²) in [6, 6.07) is 4.20. The highest BCUT2D eigenvalue weighted by Crippen LogP contribution is 2.24. The Morgan fingerprint density at radius 1 is 1.29 bits per heavy atom. The van der Waals surface area contributed by atoms with E-state index in [2.05, 4.69) is 16.0 Å². The number of carbonyl (C=O) groups excluding carboxylic acids is 1. The molecule has 2 aliphatic heterocycles. The minimum Gasteiger partial charge on any atom is -0.383 e. The molecule has 0 aliphatic carbocycles. The van der Waals surface area contributed by atoms with Gasteiger partial charge in [0, 0.05) is 45.6 Å². The van der Waals surface area contributed by atoms with Crippen molar-refractivity contribution < 1.29 is 9.53 Å². The van der Waals surface area contributed by atoms with Crippen LogP contribution >= 0.6 is 0 Å². The second-order valence-electron chi connectivity index (χ2n) is 7.21. The first kappa shape index (κ1) is 17.4. The molecule has 5 heteroatoms. The summed E-state index contributed by atoms with van der Waals surface area (Å²) < 4.78 is 5.09. The Labute approximate surface area is 145 Å². The second-order valence-corrected chi connectivity index (χ2v) is 7.21. The summed E-state index contributed by atoms with van der Waals surface area (Å²) in [5.74, 6) is 1.56. The number of nitrogens with zero attached hydrogens (tertiary/aromatic N) is 3. The summed E-state index contributed by atoms with van der Waals surface area (Å²) in [5, 5.41) is 0. The first-order chi connectivity index (χ1) is 11.7. The summed E-state index contributed by atoms with van der Waals surface area (Å²) in [5.41, 5.74) is 1.35. The molecule has 24 heavy (non-hydrogen) atoms. The monoisotopic (exact) mass is 331 g/mol. The van der Waals surface area contributed by atoms with E-state index in [9.17, 15) is 4.79 Å². The molecule has 1 amide bonds. The summed E-state index contributed by atoms with van der Waals surface area (Å²) in [4.78, 5) is 20.8. The first-order valence-electron chi connectivity index (χ1n) is 9.12. The van der Waals surface area contributed by atoms with E-state index < -0.39 is 0 Å². The second kappa shape index (κ2) is 8.58. The molecule has 132 valence electrons. The molecule has 3 heterocycles. The Balaban J connectivity index is 1.39. The van der Waals surface area contributed by atoms with Crippen LogP contribution in [0.25, 0.3) is 0 Å². The Morgan fingerprint density at radius 3 is 2.83 bits per heavy atom. The Bertz CT molecular complexity index is 515. The normalized spacial score (nSPS) is 23.1. The van der Waals surface area contributed by atoms with Gasteiger partial charge in [-0.2, -0.15) is 0 Å². The summed E-state index contributed by atoms with van der Waals surface area (Å²) in [7, 11) is 1.69. The zero-order chi connectivity index (χ0) is 16.8. The van der Waals surface area contributed by atoms with Crippen LogP contribution in [-0.2, 0) is 16.0 Å². The van der Waals surface area contributed by atoms with Crippen molar-refractivity contribution in [3.05, 3.63) is 30.1 Å². The van der Waals surface area contributed by atoms with Gasteiger partial charge in [-0.3, -0.25) is 9.78 Å². The molecule has 0 aromatic carbocycles. The molecule has 2 fully saturated rings. The third kappa shape index (κ3) is 4.77. The minimum absolute atomic E-state index is 0.295. The lowest BCUT2D eigenvalue weighted by Crippen LogP contribution is -2.38. The van der Waals surface area contributed by atoms with Crippen LogP contribution in [0.15, 0.2) is 24.5 Å². The van der Waals surface area contributed by atoms with Crippen LogP contribution in [0.2, 0.25) is 0 Å². The van der Waals surface area contributed by atoms with Gasteiger partial charge in [-0.1, -0.05) is 6.07 Å². The third-order valence-corrected chi connectivity index (χ3v) is 5.33. The number of hydrogen-bond donors (Lipinski definition) is 0. The van der Waals surface area contributed by atoms with E-state index in [1.54, 1.807) is 7.11 Å². The minimum atomic E-state index is 0.295. The van der Waals surface area contributed by atoms with E-state index in [0.717, 1.165) is 45.1 Å². The van der Waals surface area contributed by atoms with E-state index in [-0.39, 0.29) is 0 Å². The molecule has 1 atom stereocenters. The highest BCUT2D eigenvalue weighted by molar-refractivity contribution is 5.78. The molecule has 5 nitrogen and oxygen atoms in total. The maximum absolute atomic E-state index is 12.0. The van der Waals surface area contributed by atoms with Gasteiger partial charge < -0.3 is 14.5 Å². The van der Waals surface area contributed by atoms with Crippen molar-refractivity contribution in [1.82, 2.24) is 14.8 Å². The summed E-state index contributed by atoms with van der Waals surface area (Å²) in [6.07, 6.45) is 8.19.